The molecule has 0 N–H and O–H groups in total. The van der Waals surface area contributed by atoms with Gasteiger partial charge in [0.15, 0.2) is 0 Å². The van der Waals surface area contributed by atoms with Crippen LogP contribution in [0.25, 0.3) is 0 Å². The van der Waals surface area contributed by atoms with Crippen molar-refractivity contribution in [2.75, 3.05) is 32.2 Å². The molecule has 1 heterocycles. The summed E-state index contributed by atoms with van der Waals surface area (Å²) in [5.74, 6) is -0.273. The van der Waals surface area contributed by atoms with Gasteiger partial charge < -0.3 is 14.4 Å². The van der Waals surface area contributed by atoms with Crippen LogP contribution in [0.5, 0.6) is 0 Å². The summed E-state index contributed by atoms with van der Waals surface area (Å²) >= 11 is 0. The average molecular weight is 281 g/mol. The minimum Gasteiger partial charge on any atom is -0.469 e. The fourth-order valence-electron chi connectivity index (χ4n) is 1.66. The third-order valence-electron chi connectivity index (χ3n) is 2.73. The largest absolute Gasteiger partial charge is 0.469 e. The zero-order valence-corrected chi connectivity index (χ0v) is 12.2. The lowest BCUT2D eigenvalue weighted by molar-refractivity contribution is -0.140. The first-order valence-corrected chi connectivity index (χ1v) is 6.27. The molecule has 0 aliphatic carbocycles. The lowest BCUT2D eigenvalue weighted by atomic mass is 10.3. The molecule has 20 heavy (non-hydrogen) atoms. The van der Waals surface area contributed by atoms with Gasteiger partial charge in [-0.3, -0.25) is 4.79 Å². The van der Waals surface area contributed by atoms with Crippen molar-refractivity contribution in [2.24, 2.45) is 0 Å². The number of rotatable bonds is 6. The minimum atomic E-state index is -0.584. The van der Waals surface area contributed by atoms with Crippen LogP contribution >= 0.6 is 0 Å². The van der Waals surface area contributed by atoms with E-state index in [0.29, 0.717) is 24.6 Å². The predicted octanol–water partition coefficient (Wildman–Crippen LogP) is 0.961. The molecule has 0 bridgehead atoms. The molecule has 1 aromatic heterocycles. The zero-order valence-electron chi connectivity index (χ0n) is 12.2. The molecule has 7 nitrogen and oxygen atoms in total. The molecule has 0 saturated carbocycles. The monoisotopic (exact) mass is 281 g/mol. The van der Waals surface area contributed by atoms with Crippen LogP contribution in [0.3, 0.4) is 0 Å². The number of carbonyl (C=O) groups is 2. The lowest BCUT2D eigenvalue weighted by Crippen LogP contribution is -2.28. The number of nitrogens with zero attached hydrogens (tertiary/aromatic N) is 3. The maximum atomic E-state index is 11.5. The Morgan fingerprint density at radius 2 is 1.95 bits per heavy atom. The standard InChI is InChI=1S/C13H19N3O4/c1-5-16(7-6-11(17)19-3)10-8-9(2)14-12(15-10)13(18)20-4/h8H,5-7H2,1-4H3. The maximum absolute atomic E-state index is 11.5. The summed E-state index contributed by atoms with van der Waals surface area (Å²) in [7, 11) is 2.63. The molecule has 0 amide bonds. The second kappa shape index (κ2) is 7.42. The van der Waals surface area contributed by atoms with Gasteiger partial charge in [0, 0.05) is 24.8 Å². The number of hydrogen-bond donors (Lipinski definition) is 0. The van der Waals surface area contributed by atoms with Crippen molar-refractivity contribution in [1.29, 1.82) is 0 Å². The van der Waals surface area contributed by atoms with Crippen LogP contribution in [0.1, 0.15) is 29.7 Å². The molecule has 0 saturated heterocycles. The first-order valence-electron chi connectivity index (χ1n) is 6.27. The summed E-state index contributed by atoms with van der Waals surface area (Å²) < 4.78 is 9.23. The Kier molecular flexibility index (Phi) is 5.89. The summed E-state index contributed by atoms with van der Waals surface area (Å²) in [5, 5.41) is 0. The first-order chi connectivity index (χ1) is 9.51. The van der Waals surface area contributed by atoms with Gasteiger partial charge in [0.05, 0.1) is 20.6 Å². The molecule has 0 aliphatic rings. The molecule has 0 fully saturated rings. The Morgan fingerprint density at radius 3 is 2.50 bits per heavy atom. The second-order valence-corrected chi connectivity index (χ2v) is 4.09. The Labute approximate surface area is 117 Å². The van der Waals surface area contributed by atoms with Crippen molar-refractivity contribution < 1.29 is 19.1 Å². The molecule has 0 radical (unpaired) electrons. The summed E-state index contributed by atoms with van der Waals surface area (Å²) in [6.07, 6.45) is 0.251. The topological polar surface area (TPSA) is 81.6 Å². The van der Waals surface area contributed by atoms with E-state index in [1.807, 2.05) is 11.8 Å². The fourth-order valence-corrected chi connectivity index (χ4v) is 1.66. The van der Waals surface area contributed by atoms with Crippen molar-refractivity contribution in [1.82, 2.24) is 9.97 Å². The maximum Gasteiger partial charge on any atom is 0.376 e. The number of carbonyl (C=O) groups excluding carboxylic acids is 2. The van der Waals surface area contributed by atoms with Gasteiger partial charge in [-0.1, -0.05) is 0 Å². The van der Waals surface area contributed by atoms with Gasteiger partial charge in [0.1, 0.15) is 5.82 Å². The van der Waals surface area contributed by atoms with Crippen LogP contribution in [0.15, 0.2) is 6.07 Å². The minimum absolute atomic E-state index is 0.0130. The van der Waals surface area contributed by atoms with Gasteiger partial charge in [-0.05, 0) is 13.8 Å². The predicted molar refractivity (Wildman–Crippen MR) is 72.6 cm³/mol. The third-order valence-corrected chi connectivity index (χ3v) is 2.73. The molecule has 0 atom stereocenters. The summed E-state index contributed by atoms with van der Waals surface area (Å²) in [5.41, 5.74) is 0.659. The van der Waals surface area contributed by atoms with Crippen LogP contribution in [0.4, 0.5) is 5.82 Å². The summed E-state index contributed by atoms with van der Waals surface area (Å²) in [4.78, 5) is 32.8. The number of hydrogen-bond acceptors (Lipinski definition) is 7. The van der Waals surface area contributed by atoms with Crippen LogP contribution in [-0.4, -0.2) is 49.2 Å². The van der Waals surface area contributed by atoms with Crippen LogP contribution in [0.2, 0.25) is 0 Å². The highest BCUT2D eigenvalue weighted by atomic mass is 16.5. The lowest BCUT2D eigenvalue weighted by Gasteiger charge is -2.21. The number of methoxy groups -OCH3 is 2. The van der Waals surface area contributed by atoms with E-state index in [0.717, 1.165) is 0 Å². The van der Waals surface area contributed by atoms with Gasteiger partial charge in [0.25, 0.3) is 0 Å². The molecule has 0 aromatic carbocycles. The van der Waals surface area contributed by atoms with E-state index in [1.165, 1.54) is 14.2 Å². The Hall–Kier alpha value is -2.18. The van der Waals surface area contributed by atoms with E-state index in [9.17, 15) is 9.59 Å². The number of anilines is 1. The molecule has 1 aromatic rings. The zero-order chi connectivity index (χ0) is 15.1. The molecule has 0 spiro atoms. The van der Waals surface area contributed by atoms with Gasteiger partial charge in [-0.15, -0.1) is 0 Å². The highest BCUT2D eigenvalue weighted by Gasteiger charge is 2.15. The van der Waals surface area contributed by atoms with Crippen molar-refractivity contribution in [3.63, 3.8) is 0 Å². The molecule has 0 unspecified atom stereocenters. The molecular weight excluding hydrogens is 262 g/mol. The second-order valence-electron chi connectivity index (χ2n) is 4.09. The van der Waals surface area contributed by atoms with E-state index in [1.54, 1.807) is 13.0 Å². The molecule has 0 aliphatic heterocycles. The fraction of sp³-hybridized carbons (Fsp3) is 0.538. The molecule has 1 rings (SSSR count). The van der Waals surface area contributed by atoms with E-state index in [2.05, 4.69) is 19.4 Å². The van der Waals surface area contributed by atoms with E-state index < -0.39 is 5.97 Å². The Bertz CT molecular complexity index is 491. The molecular formula is C13H19N3O4. The molecule has 7 heteroatoms. The summed E-state index contributed by atoms with van der Waals surface area (Å²) in [6, 6.07) is 1.76. The summed E-state index contributed by atoms with van der Waals surface area (Å²) in [6.45, 7) is 4.81. The Balaban J connectivity index is 2.94. The molecule has 110 valence electrons. The number of aryl methyl sites for hydroxylation is 1. The number of aromatic nitrogens is 2. The van der Waals surface area contributed by atoms with Crippen LogP contribution in [0, 0.1) is 6.92 Å². The first kappa shape index (κ1) is 15.9. The van der Waals surface area contributed by atoms with Gasteiger partial charge in [0.2, 0.25) is 5.82 Å². The number of esters is 2. The Morgan fingerprint density at radius 1 is 1.25 bits per heavy atom. The van der Waals surface area contributed by atoms with Crippen molar-refractivity contribution in [3.05, 3.63) is 17.6 Å². The third kappa shape index (κ3) is 4.18. The normalized spacial score (nSPS) is 10.0. The number of ether oxygens (including phenoxy) is 2. The van der Waals surface area contributed by atoms with Gasteiger partial charge >= 0.3 is 11.9 Å². The van der Waals surface area contributed by atoms with Gasteiger partial charge in [-0.2, -0.15) is 0 Å². The van der Waals surface area contributed by atoms with Gasteiger partial charge in [-0.25, -0.2) is 14.8 Å². The van der Waals surface area contributed by atoms with E-state index in [-0.39, 0.29) is 18.2 Å². The smallest absolute Gasteiger partial charge is 0.376 e. The highest BCUT2D eigenvalue weighted by molar-refractivity contribution is 5.85. The van der Waals surface area contributed by atoms with Crippen molar-refractivity contribution in [2.45, 2.75) is 20.3 Å². The van der Waals surface area contributed by atoms with Crippen LogP contribution in [-0.2, 0) is 14.3 Å². The quantitative estimate of drug-likeness (QED) is 0.718. The highest BCUT2D eigenvalue weighted by Crippen LogP contribution is 2.13. The average Bonchev–Trinajstić information content (AvgIpc) is 2.46. The van der Waals surface area contributed by atoms with E-state index in [4.69, 9.17) is 0 Å². The van der Waals surface area contributed by atoms with E-state index >= 15 is 0 Å². The van der Waals surface area contributed by atoms with Crippen LogP contribution < -0.4 is 4.90 Å². The SMILES string of the molecule is CCN(CCC(=O)OC)c1cc(C)nc(C(=O)OC)n1. The van der Waals surface area contributed by atoms with Crippen molar-refractivity contribution in [3.8, 4) is 0 Å². The van der Waals surface area contributed by atoms with Crippen molar-refractivity contribution >= 4 is 17.8 Å².